The van der Waals surface area contributed by atoms with Crippen molar-refractivity contribution in [3.8, 4) is 11.3 Å². The highest BCUT2D eigenvalue weighted by Gasteiger charge is 2.38. The standard InChI is InChI=1S/C21H19N5/c22-12-21(10-15-3-1-2-4-16(15)11-21)18-9-14(5-7-23-18)19-17-6-8-24-20(17)26-13-25-19/h1-9,13H,10-12,22H2,(H,24,25,26). The Kier molecular flexibility index (Phi) is 3.36. The summed E-state index contributed by atoms with van der Waals surface area (Å²) in [5.74, 6) is 0. The van der Waals surface area contributed by atoms with E-state index in [1.54, 1.807) is 6.33 Å². The van der Waals surface area contributed by atoms with Crippen molar-refractivity contribution in [1.82, 2.24) is 19.9 Å². The molecule has 5 rings (SSSR count). The molecule has 1 aromatic carbocycles. The normalized spacial score (nSPS) is 15.3. The Balaban J connectivity index is 1.61. The van der Waals surface area contributed by atoms with Gasteiger partial charge in [0.2, 0.25) is 0 Å². The average Bonchev–Trinajstić information content (AvgIpc) is 3.32. The van der Waals surface area contributed by atoms with Crippen LogP contribution in [0.5, 0.6) is 0 Å². The Bertz CT molecular complexity index is 1070. The van der Waals surface area contributed by atoms with Crippen LogP contribution in [0.25, 0.3) is 22.3 Å². The summed E-state index contributed by atoms with van der Waals surface area (Å²) in [4.78, 5) is 16.6. The number of H-pyrrole nitrogens is 1. The summed E-state index contributed by atoms with van der Waals surface area (Å²) in [6, 6.07) is 14.7. The third kappa shape index (κ3) is 2.24. The van der Waals surface area contributed by atoms with Crippen molar-refractivity contribution in [3.05, 3.63) is 78.0 Å². The Morgan fingerprint density at radius 1 is 1.00 bits per heavy atom. The second kappa shape index (κ2) is 5.75. The van der Waals surface area contributed by atoms with Crippen molar-refractivity contribution in [3.63, 3.8) is 0 Å². The highest BCUT2D eigenvalue weighted by molar-refractivity contribution is 5.90. The molecular formula is C21H19N5. The molecule has 0 amide bonds. The summed E-state index contributed by atoms with van der Waals surface area (Å²) in [5, 5.41) is 1.01. The molecule has 5 heteroatoms. The van der Waals surface area contributed by atoms with Crippen molar-refractivity contribution in [2.75, 3.05) is 6.54 Å². The van der Waals surface area contributed by atoms with Crippen LogP contribution in [0.1, 0.15) is 16.8 Å². The number of nitrogens with two attached hydrogens (primary N) is 1. The van der Waals surface area contributed by atoms with E-state index in [2.05, 4.69) is 45.3 Å². The molecule has 3 N–H and O–H groups in total. The van der Waals surface area contributed by atoms with Gasteiger partial charge in [-0.15, -0.1) is 0 Å². The quantitative estimate of drug-likeness (QED) is 0.600. The maximum Gasteiger partial charge on any atom is 0.141 e. The molecule has 1 aliphatic rings. The smallest absolute Gasteiger partial charge is 0.141 e. The lowest BCUT2D eigenvalue weighted by Gasteiger charge is -2.27. The number of hydrogen-bond acceptors (Lipinski definition) is 4. The molecule has 0 saturated heterocycles. The van der Waals surface area contributed by atoms with E-state index in [4.69, 9.17) is 10.7 Å². The summed E-state index contributed by atoms with van der Waals surface area (Å²) in [7, 11) is 0. The van der Waals surface area contributed by atoms with Crippen LogP contribution in [0.4, 0.5) is 0 Å². The van der Waals surface area contributed by atoms with Crippen molar-refractivity contribution < 1.29 is 0 Å². The van der Waals surface area contributed by atoms with Crippen LogP contribution in [0.15, 0.2) is 61.2 Å². The number of hydrogen-bond donors (Lipinski definition) is 2. The summed E-state index contributed by atoms with van der Waals surface area (Å²) >= 11 is 0. The lowest BCUT2D eigenvalue weighted by molar-refractivity contribution is 0.450. The molecule has 0 spiro atoms. The van der Waals surface area contributed by atoms with Crippen LogP contribution < -0.4 is 5.73 Å². The number of rotatable bonds is 3. The largest absolute Gasteiger partial charge is 0.346 e. The highest BCUT2D eigenvalue weighted by atomic mass is 14.9. The zero-order valence-corrected chi connectivity index (χ0v) is 14.3. The lowest BCUT2D eigenvalue weighted by atomic mass is 9.80. The Hall–Kier alpha value is -3.05. The Morgan fingerprint density at radius 2 is 1.81 bits per heavy atom. The van der Waals surface area contributed by atoms with Crippen molar-refractivity contribution in [1.29, 1.82) is 0 Å². The van der Waals surface area contributed by atoms with Gasteiger partial charge in [-0.3, -0.25) is 4.98 Å². The van der Waals surface area contributed by atoms with E-state index in [1.165, 1.54) is 11.1 Å². The van der Waals surface area contributed by atoms with E-state index in [-0.39, 0.29) is 5.41 Å². The molecule has 128 valence electrons. The monoisotopic (exact) mass is 341 g/mol. The Morgan fingerprint density at radius 3 is 2.58 bits per heavy atom. The SMILES string of the molecule is NCC1(c2cc(-c3ncnc4[nH]ccc34)ccn2)Cc2ccccc2C1. The van der Waals surface area contributed by atoms with Crippen molar-refractivity contribution >= 4 is 11.0 Å². The summed E-state index contributed by atoms with van der Waals surface area (Å²) in [5.41, 5.74) is 12.7. The van der Waals surface area contributed by atoms with Gasteiger partial charge in [-0.25, -0.2) is 9.97 Å². The van der Waals surface area contributed by atoms with Gasteiger partial charge in [0.1, 0.15) is 12.0 Å². The van der Waals surface area contributed by atoms with Crippen LogP contribution in [-0.4, -0.2) is 26.5 Å². The van der Waals surface area contributed by atoms with E-state index in [0.29, 0.717) is 6.54 Å². The summed E-state index contributed by atoms with van der Waals surface area (Å²) in [6.45, 7) is 0.571. The first-order chi connectivity index (χ1) is 12.8. The molecule has 5 nitrogen and oxygen atoms in total. The first-order valence-corrected chi connectivity index (χ1v) is 8.81. The maximum absolute atomic E-state index is 6.27. The second-order valence-corrected chi connectivity index (χ2v) is 7.00. The molecule has 0 saturated carbocycles. The fourth-order valence-corrected chi connectivity index (χ4v) is 4.09. The van der Waals surface area contributed by atoms with Crippen molar-refractivity contribution in [2.24, 2.45) is 5.73 Å². The number of aromatic amines is 1. The number of pyridine rings is 1. The molecule has 0 atom stereocenters. The highest BCUT2D eigenvalue weighted by Crippen LogP contribution is 2.39. The molecule has 3 heterocycles. The van der Waals surface area contributed by atoms with Crippen LogP contribution in [0, 0.1) is 0 Å². The first kappa shape index (κ1) is 15.2. The van der Waals surface area contributed by atoms with Gasteiger partial charge in [0.25, 0.3) is 0 Å². The topological polar surface area (TPSA) is 80.5 Å². The van der Waals surface area contributed by atoms with E-state index < -0.39 is 0 Å². The molecule has 0 bridgehead atoms. The molecule has 0 aliphatic heterocycles. The van der Waals surface area contributed by atoms with Gasteiger partial charge in [0.05, 0.1) is 5.69 Å². The lowest BCUT2D eigenvalue weighted by Crippen LogP contribution is -2.36. The number of fused-ring (bicyclic) bond motifs is 2. The van der Waals surface area contributed by atoms with Gasteiger partial charge in [-0.2, -0.15) is 0 Å². The minimum atomic E-state index is -0.149. The molecule has 0 fully saturated rings. The first-order valence-electron chi connectivity index (χ1n) is 8.81. The predicted molar refractivity (Wildman–Crippen MR) is 102 cm³/mol. The molecule has 4 aromatic rings. The van der Waals surface area contributed by atoms with Gasteiger partial charge >= 0.3 is 0 Å². The van der Waals surface area contributed by atoms with Crippen molar-refractivity contribution in [2.45, 2.75) is 18.3 Å². The molecule has 26 heavy (non-hydrogen) atoms. The van der Waals surface area contributed by atoms with E-state index in [1.807, 2.05) is 24.5 Å². The van der Waals surface area contributed by atoms with Crippen LogP contribution >= 0.6 is 0 Å². The predicted octanol–water partition coefficient (Wildman–Crippen LogP) is 3.02. The molecule has 0 radical (unpaired) electrons. The minimum absolute atomic E-state index is 0.149. The van der Waals surface area contributed by atoms with Crippen LogP contribution in [-0.2, 0) is 18.3 Å². The Labute approximate surface area is 151 Å². The average molecular weight is 341 g/mol. The molecule has 0 unspecified atom stereocenters. The molecule has 1 aliphatic carbocycles. The zero-order valence-electron chi connectivity index (χ0n) is 14.3. The second-order valence-electron chi connectivity index (χ2n) is 7.00. The fourth-order valence-electron chi connectivity index (χ4n) is 4.09. The minimum Gasteiger partial charge on any atom is -0.346 e. The fraction of sp³-hybridized carbons (Fsp3) is 0.190. The van der Waals surface area contributed by atoms with Gasteiger partial charge < -0.3 is 10.7 Å². The van der Waals surface area contributed by atoms with Gasteiger partial charge in [0, 0.05) is 41.0 Å². The third-order valence-electron chi connectivity index (χ3n) is 5.50. The zero-order chi connectivity index (χ0) is 17.6. The van der Waals surface area contributed by atoms with Crippen LogP contribution in [0.3, 0.4) is 0 Å². The number of nitrogens with zero attached hydrogens (tertiary/aromatic N) is 3. The van der Waals surface area contributed by atoms with E-state index >= 15 is 0 Å². The third-order valence-corrected chi connectivity index (χ3v) is 5.50. The maximum atomic E-state index is 6.27. The van der Waals surface area contributed by atoms with Gasteiger partial charge in [0.15, 0.2) is 0 Å². The molecule has 3 aromatic heterocycles. The number of benzene rings is 1. The van der Waals surface area contributed by atoms with Gasteiger partial charge in [-0.1, -0.05) is 24.3 Å². The van der Waals surface area contributed by atoms with Gasteiger partial charge in [-0.05, 0) is 42.2 Å². The van der Waals surface area contributed by atoms with Crippen LogP contribution in [0.2, 0.25) is 0 Å². The van der Waals surface area contributed by atoms with E-state index in [0.717, 1.165) is 40.8 Å². The molecular weight excluding hydrogens is 322 g/mol. The summed E-state index contributed by atoms with van der Waals surface area (Å²) < 4.78 is 0. The van der Waals surface area contributed by atoms with E-state index in [9.17, 15) is 0 Å². The number of aromatic nitrogens is 4. The number of nitrogens with one attached hydrogen (secondary N) is 1. The summed E-state index contributed by atoms with van der Waals surface area (Å²) in [6.07, 6.45) is 7.21.